The molecule has 1 aliphatic heterocycles. The number of amides is 1. The average Bonchev–Trinajstić information content (AvgIpc) is 3.22. The van der Waals surface area contributed by atoms with Crippen LogP contribution in [-0.4, -0.2) is 67.3 Å². The lowest BCUT2D eigenvalue weighted by atomic mass is 10.1. The van der Waals surface area contributed by atoms with Gasteiger partial charge in [0.25, 0.3) is 5.91 Å². The molecule has 0 radical (unpaired) electrons. The summed E-state index contributed by atoms with van der Waals surface area (Å²) in [5, 5.41) is 0.937. The van der Waals surface area contributed by atoms with E-state index in [1.807, 2.05) is 32.0 Å². The molecule has 4 rings (SSSR count). The van der Waals surface area contributed by atoms with Gasteiger partial charge in [0.2, 0.25) is 10.0 Å². The summed E-state index contributed by atoms with van der Waals surface area (Å²) in [5.41, 5.74) is 4.01. The monoisotopic (exact) mass is 469 g/mol. The number of carbonyl (C=O) groups excluding carboxylic acids is 2. The molecule has 33 heavy (non-hydrogen) atoms. The first kappa shape index (κ1) is 23.0. The fraction of sp³-hybridized carbons (Fsp3) is 0.333. The summed E-state index contributed by atoms with van der Waals surface area (Å²) >= 11 is 0. The minimum atomic E-state index is -3.46. The smallest absolute Gasteiger partial charge is 0.355 e. The van der Waals surface area contributed by atoms with Gasteiger partial charge >= 0.3 is 5.97 Å². The molecule has 2 aromatic carbocycles. The summed E-state index contributed by atoms with van der Waals surface area (Å²) in [7, 11) is -3.46. The molecule has 1 aromatic heterocycles. The van der Waals surface area contributed by atoms with Crippen molar-refractivity contribution >= 4 is 32.8 Å². The molecular formula is C24H27N3O5S. The molecule has 1 aliphatic rings. The maximum absolute atomic E-state index is 12.7. The number of ether oxygens (including phenoxy) is 1. The van der Waals surface area contributed by atoms with Gasteiger partial charge in [-0.15, -0.1) is 0 Å². The van der Waals surface area contributed by atoms with Crippen molar-refractivity contribution in [3.63, 3.8) is 0 Å². The summed E-state index contributed by atoms with van der Waals surface area (Å²) < 4.78 is 32.0. The molecule has 1 amide bonds. The topological polar surface area (TPSA) is 99.8 Å². The van der Waals surface area contributed by atoms with E-state index in [9.17, 15) is 18.0 Å². The Morgan fingerprint density at radius 1 is 1.00 bits per heavy atom. The van der Waals surface area contributed by atoms with E-state index in [4.69, 9.17) is 4.74 Å². The number of aromatic amines is 1. The maximum atomic E-state index is 12.7. The van der Waals surface area contributed by atoms with Crippen LogP contribution in [0.3, 0.4) is 0 Å². The fourth-order valence-corrected chi connectivity index (χ4v) is 5.61. The molecule has 0 bridgehead atoms. The second-order valence-corrected chi connectivity index (χ2v) is 10.3. The molecule has 3 aromatic rings. The molecule has 1 saturated heterocycles. The van der Waals surface area contributed by atoms with Gasteiger partial charge in [-0.1, -0.05) is 36.4 Å². The molecule has 0 atom stereocenters. The van der Waals surface area contributed by atoms with Crippen LogP contribution in [0.1, 0.15) is 27.2 Å². The summed E-state index contributed by atoms with van der Waals surface area (Å²) in [6, 6.07) is 14.7. The van der Waals surface area contributed by atoms with Gasteiger partial charge in [0, 0.05) is 37.1 Å². The van der Waals surface area contributed by atoms with Crippen LogP contribution in [0.5, 0.6) is 0 Å². The fourth-order valence-electron chi connectivity index (χ4n) is 4.10. The number of fused-ring (bicyclic) bond motifs is 1. The molecule has 2 heterocycles. The molecular weight excluding hydrogens is 442 g/mol. The summed E-state index contributed by atoms with van der Waals surface area (Å²) in [6.45, 7) is 4.52. The number of aryl methyl sites for hydroxylation is 2. The van der Waals surface area contributed by atoms with Crippen LogP contribution >= 0.6 is 0 Å². The molecule has 174 valence electrons. The van der Waals surface area contributed by atoms with Crippen molar-refractivity contribution in [2.24, 2.45) is 0 Å². The number of carbonyl (C=O) groups is 2. The molecule has 1 N–H and O–H groups in total. The SMILES string of the molecule is Cc1cc(C)c2cc(C(=O)OCC(=O)N3CCN(S(=O)(=O)Cc4ccccc4)CC3)[nH]c2c1. The van der Waals surface area contributed by atoms with Gasteiger partial charge in [-0.2, -0.15) is 4.31 Å². The summed E-state index contributed by atoms with van der Waals surface area (Å²) in [5.74, 6) is -1.00. The van der Waals surface area contributed by atoms with E-state index in [1.165, 1.54) is 9.21 Å². The third-order valence-electron chi connectivity index (χ3n) is 5.81. The lowest BCUT2D eigenvalue weighted by Crippen LogP contribution is -2.51. The van der Waals surface area contributed by atoms with E-state index < -0.39 is 16.0 Å². The minimum Gasteiger partial charge on any atom is -0.451 e. The second kappa shape index (κ2) is 9.36. The minimum absolute atomic E-state index is 0.0666. The average molecular weight is 470 g/mol. The van der Waals surface area contributed by atoms with Crippen molar-refractivity contribution in [3.05, 3.63) is 70.9 Å². The lowest BCUT2D eigenvalue weighted by Gasteiger charge is -2.33. The number of aromatic nitrogens is 1. The molecule has 9 heteroatoms. The van der Waals surface area contributed by atoms with Crippen LogP contribution in [0.25, 0.3) is 10.9 Å². The maximum Gasteiger partial charge on any atom is 0.355 e. The van der Waals surface area contributed by atoms with Gasteiger partial charge in [0.1, 0.15) is 5.69 Å². The zero-order chi connectivity index (χ0) is 23.6. The van der Waals surface area contributed by atoms with Gasteiger partial charge < -0.3 is 14.6 Å². The van der Waals surface area contributed by atoms with Crippen LogP contribution in [0.4, 0.5) is 0 Å². The van der Waals surface area contributed by atoms with Crippen LogP contribution in [0, 0.1) is 13.8 Å². The van der Waals surface area contributed by atoms with Crippen molar-refractivity contribution < 1.29 is 22.7 Å². The predicted octanol–water partition coefficient (Wildman–Crippen LogP) is 2.62. The number of hydrogen-bond donors (Lipinski definition) is 1. The van der Waals surface area contributed by atoms with E-state index in [2.05, 4.69) is 4.98 Å². The Kier molecular flexibility index (Phi) is 6.53. The number of rotatable bonds is 6. The number of nitrogens with one attached hydrogen (secondary N) is 1. The highest BCUT2D eigenvalue weighted by atomic mass is 32.2. The largest absolute Gasteiger partial charge is 0.451 e. The standard InChI is InChI=1S/C24H27N3O5S/c1-17-12-18(2)20-14-22(25-21(20)13-17)24(29)32-15-23(28)26-8-10-27(11-9-26)33(30,31)16-19-6-4-3-5-7-19/h3-7,12-14,25H,8-11,15-16H2,1-2H3. The van der Waals surface area contributed by atoms with E-state index in [-0.39, 0.29) is 44.4 Å². The first-order chi connectivity index (χ1) is 15.7. The molecule has 0 saturated carbocycles. The van der Waals surface area contributed by atoms with E-state index >= 15 is 0 Å². The Labute approximate surface area is 193 Å². The number of H-pyrrole nitrogens is 1. The third-order valence-corrected chi connectivity index (χ3v) is 7.66. The van der Waals surface area contributed by atoms with Crippen LogP contribution in [-0.2, 0) is 25.3 Å². The summed E-state index contributed by atoms with van der Waals surface area (Å²) in [4.78, 5) is 29.5. The Morgan fingerprint density at radius 2 is 1.70 bits per heavy atom. The van der Waals surface area contributed by atoms with Crippen molar-refractivity contribution in [2.75, 3.05) is 32.8 Å². The van der Waals surface area contributed by atoms with Gasteiger partial charge in [-0.05, 0) is 42.7 Å². The number of nitrogens with zero attached hydrogens (tertiary/aromatic N) is 2. The Bertz CT molecular complexity index is 1280. The number of piperazine rings is 1. The van der Waals surface area contributed by atoms with Crippen LogP contribution in [0.2, 0.25) is 0 Å². The second-order valence-electron chi connectivity index (χ2n) is 8.32. The summed E-state index contributed by atoms with van der Waals surface area (Å²) in [6.07, 6.45) is 0. The van der Waals surface area contributed by atoms with Gasteiger partial charge in [0.05, 0.1) is 5.75 Å². The van der Waals surface area contributed by atoms with E-state index in [0.717, 1.165) is 27.6 Å². The first-order valence-corrected chi connectivity index (χ1v) is 12.4. The van der Waals surface area contributed by atoms with Crippen molar-refractivity contribution in [2.45, 2.75) is 19.6 Å². The molecule has 1 fully saturated rings. The predicted molar refractivity (Wildman–Crippen MR) is 125 cm³/mol. The van der Waals surface area contributed by atoms with Crippen molar-refractivity contribution in [1.82, 2.24) is 14.2 Å². The van der Waals surface area contributed by atoms with Crippen LogP contribution < -0.4 is 0 Å². The number of benzene rings is 2. The zero-order valence-electron chi connectivity index (χ0n) is 18.7. The third kappa shape index (κ3) is 5.26. The lowest BCUT2D eigenvalue weighted by molar-refractivity contribution is -0.135. The Balaban J connectivity index is 1.29. The number of sulfonamides is 1. The Morgan fingerprint density at radius 3 is 2.39 bits per heavy atom. The van der Waals surface area contributed by atoms with E-state index in [0.29, 0.717) is 5.69 Å². The van der Waals surface area contributed by atoms with Crippen molar-refractivity contribution in [3.8, 4) is 0 Å². The highest BCUT2D eigenvalue weighted by molar-refractivity contribution is 7.88. The zero-order valence-corrected chi connectivity index (χ0v) is 19.5. The molecule has 0 aliphatic carbocycles. The quantitative estimate of drug-likeness (QED) is 0.560. The van der Waals surface area contributed by atoms with Crippen LogP contribution in [0.15, 0.2) is 48.5 Å². The highest BCUT2D eigenvalue weighted by Crippen LogP contribution is 2.22. The van der Waals surface area contributed by atoms with Gasteiger partial charge in [-0.25, -0.2) is 13.2 Å². The van der Waals surface area contributed by atoms with Crippen molar-refractivity contribution in [1.29, 1.82) is 0 Å². The van der Waals surface area contributed by atoms with Gasteiger partial charge in [0.15, 0.2) is 6.61 Å². The first-order valence-electron chi connectivity index (χ1n) is 10.8. The number of hydrogen-bond acceptors (Lipinski definition) is 5. The molecule has 0 spiro atoms. The van der Waals surface area contributed by atoms with Gasteiger partial charge in [-0.3, -0.25) is 4.79 Å². The van der Waals surface area contributed by atoms with E-state index in [1.54, 1.807) is 30.3 Å². The highest BCUT2D eigenvalue weighted by Gasteiger charge is 2.29. The Hall–Kier alpha value is -3.17. The molecule has 8 nitrogen and oxygen atoms in total. The molecule has 0 unspecified atom stereocenters. The normalized spacial score (nSPS) is 15.0. The number of esters is 1.